The number of hydrogen-bond acceptors (Lipinski definition) is 4. The quantitative estimate of drug-likeness (QED) is 0.828. The number of carboxylic acids is 1. The maximum Gasteiger partial charge on any atom is 0.325 e. The fourth-order valence-electron chi connectivity index (χ4n) is 1.93. The highest BCUT2D eigenvalue weighted by molar-refractivity contribution is 7.89. The Morgan fingerprint density at radius 2 is 2.00 bits per heavy atom. The van der Waals surface area contributed by atoms with E-state index in [1.807, 2.05) is 6.92 Å². The molecular formula is C11H19N3O4S. The molecule has 7 nitrogen and oxygen atoms in total. The van der Waals surface area contributed by atoms with Crippen molar-refractivity contribution in [3.8, 4) is 0 Å². The van der Waals surface area contributed by atoms with Crippen LogP contribution in [0.5, 0.6) is 0 Å². The molecule has 1 heterocycles. The van der Waals surface area contributed by atoms with Crippen LogP contribution in [0.25, 0.3) is 0 Å². The highest BCUT2D eigenvalue weighted by Crippen LogP contribution is 2.22. The summed E-state index contributed by atoms with van der Waals surface area (Å²) in [4.78, 5) is 10.8. The molecule has 108 valence electrons. The van der Waals surface area contributed by atoms with Crippen molar-refractivity contribution in [1.82, 2.24) is 14.1 Å². The molecule has 1 N–H and O–H groups in total. The van der Waals surface area contributed by atoms with E-state index in [2.05, 4.69) is 5.10 Å². The van der Waals surface area contributed by atoms with Gasteiger partial charge in [-0.1, -0.05) is 6.92 Å². The molecule has 1 rings (SSSR count). The summed E-state index contributed by atoms with van der Waals surface area (Å²) in [7, 11) is -2.11. The largest absolute Gasteiger partial charge is 0.480 e. The van der Waals surface area contributed by atoms with Crippen LogP contribution in [0.15, 0.2) is 4.90 Å². The van der Waals surface area contributed by atoms with Crippen LogP contribution in [0.4, 0.5) is 0 Å². The SMILES string of the molecule is CCCN(C)S(=O)(=O)c1c(C)nn(CC(=O)O)c1C. The average molecular weight is 289 g/mol. The molecule has 0 atom stereocenters. The van der Waals surface area contributed by atoms with Crippen LogP contribution >= 0.6 is 0 Å². The molecular weight excluding hydrogens is 270 g/mol. The second-order valence-electron chi connectivity index (χ2n) is 4.38. The van der Waals surface area contributed by atoms with Gasteiger partial charge in [0.1, 0.15) is 11.4 Å². The standard InChI is InChI=1S/C11H19N3O4S/c1-5-6-13(4)19(17,18)11-8(2)12-14(9(11)3)7-10(15)16/h5-7H2,1-4H3,(H,15,16). The highest BCUT2D eigenvalue weighted by Gasteiger charge is 2.28. The molecule has 0 aliphatic carbocycles. The van der Waals surface area contributed by atoms with Crippen molar-refractivity contribution in [3.05, 3.63) is 11.4 Å². The first kappa shape index (κ1) is 15.6. The number of hydrogen-bond donors (Lipinski definition) is 1. The molecule has 1 aromatic heterocycles. The van der Waals surface area contributed by atoms with Gasteiger partial charge in [0, 0.05) is 13.6 Å². The van der Waals surface area contributed by atoms with E-state index >= 15 is 0 Å². The smallest absolute Gasteiger partial charge is 0.325 e. The summed E-state index contributed by atoms with van der Waals surface area (Å²) in [6.07, 6.45) is 0.705. The molecule has 0 spiro atoms. The monoisotopic (exact) mass is 289 g/mol. The Morgan fingerprint density at radius 3 is 2.47 bits per heavy atom. The summed E-state index contributed by atoms with van der Waals surface area (Å²) in [6, 6.07) is 0. The van der Waals surface area contributed by atoms with Crippen LogP contribution in [-0.2, 0) is 21.4 Å². The van der Waals surface area contributed by atoms with Gasteiger partial charge in [0.15, 0.2) is 0 Å². The lowest BCUT2D eigenvalue weighted by atomic mass is 10.4. The van der Waals surface area contributed by atoms with Crippen molar-refractivity contribution < 1.29 is 18.3 Å². The van der Waals surface area contributed by atoms with E-state index in [-0.39, 0.29) is 11.4 Å². The molecule has 1 aromatic rings. The molecule has 0 aliphatic rings. The molecule has 0 bridgehead atoms. The van der Waals surface area contributed by atoms with Gasteiger partial charge < -0.3 is 5.11 Å². The second-order valence-corrected chi connectivity index (χ2v) is 6.36. The minimum Gasteiger partial charge on any atom is -0.480 e. The van der Waals surface area contributed by atoms with E-state index in [0.29, 0.717) is 24.4 Å². The van der Waals surface area contributed by atoms with Gasteiger partial charge in [-0.3, -0.25) is 9.48 Å². The number of aromatic nitrogens is 2. The Balaban J connectivity index is 3.28. The zero-order chi connectivity index (χ0) is 14.8. The second kappa shape index (κ2) is 5.70. The van der Waals surface area contributed by atoms with Crippen molar-refractivity contribution >= 4 is 16.0 Å². The van der Waals surface area contributed by atoms with Gasteiger partial charge in [-0.05, 0) is 20.3 Å². The summed E-state index contributed by atoms with van der Waals surface area (Å²) in [6.45, 7) is 5.08. The minimum atomic E-state index is -3.62. The van der Waals surface area contributed by atoms with Gasteiger partial charge >= 0.3 is 5.97 Å². The van der Waals surface area contributed by atoms with Gasteiger partial charge in [0.2, 0.25) is 10.0 Å². The number of aliphatic carboxylic acids is 1. The summed E-state index contributed by atoms with van der Waals surface area (Å²) < 4.78 is 27.2. The third kappa shape index (κ3) is 3.13. The molecule has 0 amide bonds. The summed E-state index contributed by atoms with van der Waals surface area (Å²) in [5, 5.41) is 12.8. The molecule has 0 fully saturated rings. The normalized spacial score (nSPS) is 12.1. The molecule has 0 unspecified atom stereocenters. The van der Waals surface area contributed by atoms with Crippen molar-refractivity contribution in [2.45, 2.75) is 38.6 Å². The summed E-state index contributed by atoms with van der Waals surface area (Å²) >= 11 is 0. The number of aryl methyl sites for hydroxylation is 1. The lowest BCUT2D eigenvalue weighted by molar-refractivity contribution is -0.137. The van der Waals surface area contributed by atoms with Crippen LogP contribution in [0.1, 0.15) is 24.7 Å². The Morgan fingerprint density at radius 1 is 1.42 bits per heavy atom. The lowest BCUT2D eigenvalue weighted by Gasteiger charge is -2.16. The van der Waals surface area contributed by atoms with E-state index in [0.717, 1.165) is 0 Å². The van der Waals surface area contributed by atoms with Gasteiger partial charge in [-0.2, -0.15) is 5.10 Å². The van der Waals surface area contributed by atoms with Crippen LogP contribution in [0.3, 0.4) is 0 Å². The van der Waals surface area contributed by atoms with Gasteiger partial charge in [-0.15, -0.1) is 0 Å². The van der Waals surface area contributed by atoms with E-state index < -0.39 is 16.0 Å². The maximum atomic E-state index is 12.4. The maximum absolute atomic E-state index is 12.4. The number of rotatable bonds is 6. The van der Waals surface area contributed by atoms with Crippen LogP contribution in [0, 0.1) is 13.8 Å². The number of carboxylic acid groups (broad SMARTS) is 1. The Kier molecular flexibility index (Phi) is 4.70. The molecule has 8 heteroatoms. The molecule has 0 radical (unpaired) electrons. The first-order chi connectivity index (χ1) is 8.71. The third-order valence-corrected chi connectivity index (χ3v) is 4.92. The van der Waals surface area contributed by atoms with Crippen molar-refractivity contribution in [2.75, 3.05) is 13.6 Å². The fourth-order valence-corrected chi connectivity index (χ4v) is 3.55. The molecule has 19 heavy (non-hydrogen) atoms. The van der Waals surface area contributed by atoms with E-state index in [1.54, 1.807) is 13.8 Å². The third-order valence-electron chi connectivity index (χ3n) is 2.81. The predicted molar refractivity (Wildman–Crippen MR) is 69.4 cm³/mol. The topological polar surface area (TPSA) is 92.5 Å². The molecule has 0 aromatic carbocycles. The Bertz CT molecular complexity index is 577. The zero-order valence-electron chi connectivity index (χ0n) is 11.5. The van der Waals surface area contributed by atoms with Crippen molar-refractivity contribution in [2.24, 2.45) is 0 Å². The summed E-state index contributed by atoms with van der Waals surface area (Å²) in [5.41, 5.74) is 0.671. The first-order valence-electron chi connectivity index (χ1n) is 5.94. The molecule has 0 saturated heterocycles. The molecule has 0 saturated carbocycles. The van der Waals surface area contributed by atoms with Crippen molar-refractivity contribution in [3.63, 3.8) is 0 Å². The van der Waals surface area contributed by atoms with Crippen LogP contribution in [0.2, 0.25) is 0 Å². The van der Waals surface area contributed by atoms with Gasteiger partial charge in [0.25, 0.3) is 0 Å². The highest BCUT2D eigenvalue weighted by atomic mass is 32.2. The number of sulfonamides is 1. The number of carbonyl (C=O) groups is 1. The molecule has 0 aliphatic heterocycles. The van der Waals surface area contributed by atoms with E-state index in [9.17, 15) is 13.2 Å². The lowest BCUT2D eigenvalue weighted by Crippen LogP contribution is -2.28. The Hall–Kier alpha value is -1.41. The van der Waals surface area contributed by atoms with Crippen LogP contribution < -0.4 is 0 Å². The Labute approximate surface area is 112 Å². The first-order valence-corrected chi connectivity index (χ1v) is 7.38. The summed E-state index contributed by atoms with van der Waals surface area (Å²) in [5.74, 6) is -1.06. The van der Waals surface area contributed by atoms with Gasteiger partial charge in [-0.25, -0.2) is 12.7 Å². The van der Waals surface area contributed by atoms with E-state index in [1.165, 1.54) is 16.0 Å². The number of nitrogens with zero attached hydrogens (tertiary/aromatic N) is 3. The van der Waals surface area contributed by atoms with E-state index in [4.69, 9.17) is 5.11 Å². The zero-order valence-corrected chi connectivity index (χ0v) is 12.4. The van der Waals surface area contributed by atoms with Crippen molar-refractivity contribution in [1.29, 1.82) is 0 Å². The fraction of sp³-hybridized carbons (Fsp3) is 0.636. The predicted octanol–water partition coefficient (Wildman–Crippen LogP) is 0.615. The van der Waals surface area contributed by atoms with Gasteiger partial charge in [0.05, 0.1) is 11.4 Å². The average Bonchev–Trinajstić information content (AvgIpc) is 2.53. The van der Waals surface area contributed by atoms with Crippen LogP contribution in [-0.4, -0.2) is 47.2 Å². The minimum absolute atomic E-state index is 0.102.